The van der Waals surface area contributed by atoms with Crippen LogP contribution >= 0.6 is 11.3 Å². The number of amides is 2. The number of nitrogens with one attached hydrogen (secondary N) is 1. The summed E-state index contributed by atoms with van der Waals surface area (Å²) in [6.07, 6.45) is 7.35. The van der Waals surface area contributed by atoms with Crippen LogP contribution in [0, 0.1) is 5.82 Å². The zero-order chi connectivity index (χ0) is 21.9. The Morgan fingerprint density at radius 2 is 2.12 bits per heavy atom. The third-order valence-electron chi connectivity index (χ3n) is 6.01. The highest BCUT2D eigenvalue weighted by Crippen LogP contribution is 2.32. The standard InChI is InChI=1S/C23H25FN6OS/c24-20-13-16(22-25-10-12-32-22)5-6-17(20)14-26-23(31)30(18-7-8-18)19-3-2-11-29(15-19)21-4-1-9-27-28-21/h1,4-6,9-10,12-13,18-19H,2-3,7-8,11,14-15H2,(H,26,31)/t19-/m1/s1. The van der Waals surface area contributed by atoms with E-state index in [9.17, 15) is 9.18 Å². The lowest BCUT2D eigenvalue weighted by molar-refractivity contribution is 0.160. The van der Waals surface area contributed by atoms with Gasteiger partial charge in [-0.1, -0.05) is 12.1 Å². The lowest BCUT2D eigenvalue weighted by atomic mass is 10.0. The fourth-order valence-electron chi connectivity index (χ4n) is 4.29. The highest BCUT2D eigenvalue weighted by molar-refractivity contribution is 7.13. The monoisotopic (exact) mass is 452 g/mol. The number of halogens is 1. The van der Waals surface area contributed by atoms with Crippen molar-refractivity contribution in [1.29, 1.82) is 0 Å². The van der Waals surface area contributed by atoms with Gasteiger partial charge in [-0.2, -0.15) is 5.10 Å². The first-order valence-corrected chi connectivity index (χ1v) is 11.8. The number of carbonyl (C=O) groups excluding carboxylic acids is 1. The van der Waals surface area contributed by atoms with E-state index in [2.05, 4.69) is 25.4 Å². The number of thiazole rings is 1. The minimum atomic E-state index is -0.331. The Bertz CT molecular complexity index is 1060. The highest BCUT2D eigenvalue weighted by atomic mass is 32.1. The molecule has 32 heavy (non-hydrogen) atoms. The van der Waals surface area contributed by atoms with Gasteiger partial charge in [0.05, 0.1) is 6.04 Å². The Morgan fingerprint density at radius 1 is 1.22 bits per heavy atom. The molecule has 1 saturated carbocycles. The number of rotatable bonds is 6. The topological polar surface area (TPSA) is 74.2 Å². The van der Waals surface area contributed by atoms with Crippen LogP contribution in [0.2, 0.25) is 0 Å². The van der Waals surface area contributed by atoms with E-state index in [1.807, 2.05) is 28.5 Å². The van der Waals surface area contributed by atoms with E-state index in [0.717, 1.165) is 55.2 Å². The third kappa shape index (κ3) is 4.57. The SMILES string of the molecule is O=C(NCc1ccc(-c2nccs2)cc1F)N(C1CC1)[C@@H]1CCCN(c2cccnn2)C1. The molecule has 1 aromatic carbocycles. The van der Waals surface area contributed by atoms with Crippen LogP contribution in [0.4, 0.5) is 15.0 Å². The van der Waals surface area contributed by atoms with Crippen LogP contribution in [-0.2, 0) is 6.54 Å². The molecule has 1 atom stereocenters. The third-order valence-corrected chi connectivity index (χ3v) is 6.83. The molecule has 1 aliphatic heterocycles. The van der Waals surface area contributed by atoms with Gasteiger partial charge in [-0.15, -0.1) is 16.4 Å². The molecule has 9 heteroatoms. The number of hydrogen-bond donors (Lipinski definition) is 1. The quantitative estimate of drug-likeness (QED) is 0.610. The normalized spacial score (nSPS) is 18.4. The van der Waals surface area contributed by atoms with Crippen LogP contribution in [0.3, 0.4) is 0 Å². The first-order valence-electron chi connectivity index (χ1n) is 11.0. The van der Waals surface area contributed by atoms with Gasteiger partial charge in [-0.3, -0.25) is 0 Å². The Morgan fingerprint density at radius 3 is 2.84 bits per heavy atom. The molecule has 7 nitrogen and oxygen atoms in total. The molecule has 2 fully saturated rings. The fraction of sp³-hybridized carbons (Fsp3) is 0.391. The Labute approximate surface area is 190 Å². The molecule has 0 unspecified atom stereocenters. The van der Waals surface area contributed by atoms with Crippen molar-refractivity contribution >= 4 is 23.2 Å². The smallest absolute Gasteiger partial charge is 0.318 e. The molecule has 1 N–H and O–H groups in total. The van der Waals surface area contributed by atoms with Crippen LogP contribution in [-0.4, -0.2) is 51.3 Å². The average molecular weight is 453 g/mol. The maximum atomic E-state index is 14.7. The van der Waals surface area contributed by atoms with Crippen molar-refractivity contribution in [2.24, 2.45) is 0 Å². The molecule has 1 aliphatic carbocycles. The number of urea groups is 1. The van der Waals surface area contributed by atoms with E-state index < -0.39 is 0 Å². The second kappa shape index (κ2) is 9.20. The minimum Gasteiger partial charge on any atom is -0.353 e. The van der Waals surface area contributed by atoms with E-state index in [1.165, 1.54) is 17.4 Å². The van der Waals surface area contributed by atoms with Crippen molar-refractivity contribution in [1.82, 2.24) is 25.4 Å². The van der Waals surface area contributed by atoms with Crippen molar-refractivity contribution in [2.45, 2.75) is 44.3 Å². The molecule has 166 valence electrons. The van der Waals surface area contributed by atoms with E-state index in [0.29, 0.717) is 5.56 Å². The largest absolute Gasteiger partial charge is 0.353 e. The van der Waals surface area contributed by atoms with E-state index in [4.69, 9.17) is 0 Å². The molecular formula is C23H25FN6OS. The molecule has 1 saturated heterocycles. The molecular weight excluding hydrogens is 427 g/mol. The first-order chi connectivity index (χ1) is 15.7. The maximum Gasteiger partial charge on any atom is 0.318 e. The van der Waals surface area contributed by atoms with Gasteiger partial charge in [-0.25, -0.2) is 14.2 Å². The molecule has 2 aromatic heterocycles. The van der Waals surface area contributed by atoms with Crippen molar-refractivity contribution in [2.75, 3.05) is 18.0 Å². The number of nitrogens with zero attached hydrogens (tertiary/aromatic N) is 5. The van der Waals surface area contributed by atoms with Crippen LogP contribution in [0.5, 0.6) is 0 Å². The molecule has 5 rings (SSSR count). The van der Waals surface area contributed by atoms with E-state index in [-0.39, 0.29) is 30.5 Å². The van der Waals surface area contributed by atoms with Gasteiger partial charge < -0.3 is 15.1 Å². The van der Waals surface area contributed by atoms with Crippen LogP contribution in [0.15, 0.2) is 48.1 Å². The molecule has 2 aliphatic rings. The van der Waals surface area contributed by atoms with Crippen LogP contribution in [0.25, 0.3) is 10.6 Å². The summed E-state index contributed by atoms with van der Waals surface area (Å²) in [5.74, 6) is 0.512. The van der Waals surface area contributed by atoms with Gasteiger partial charge in [-0.05, 0) is 43.9 Å². The van der Waals surface area contributed by atoms with Gasteiger partial charge >= 0.3 is 6.03 Å². The predicted octanol–water partition coefficient (Wildman–Crippen LogP) is 4.08. The number of piperidine rings is 1. The Hall–Kier alpha value is -3.07. The summed E-state index contributed by atoms with van der Waals surface area (Å²) in [6, 6.07) is 9.14. The van der Waals surface area contributed by atoms with Gasteiger partial charge in [0.1, 0.15) is 10.8 Å². The minimum absolute atomic E-state index is 0.107. The molecule has 3 heterocycles. The summed E-state index contributed by atoms with van der Waals surface area (Å²) in [5, 5.41) is 13.8. The number of carbonyl (C=O) groups is 1. The summed E-state index contributed by atoms with van der Waals surface area (Å²) in [4.78, 5) is 21.5. The van der Waals surface area contributed by atoms with Crippen molar-refractivity contribution in [3.63, 3.8) is 0 Å². The summed E-state index contributed by atoms with van der Waals surface area (Å²) in [7, 11) is 0. The van der Waals surface area contributed by atoms with Crippen LogP contribution in [0.1, 0.15) is 31.2 Å². The van der Waals surface area contributed by atoms with E-state index in [1.54, 1.807) is 18.5 Å². The average Bonchev–Trinajstić information content (AvgIpc) is 3.50. The number of hydrogen-bond acceptors (Lipinski definition) is 6. The number of benzene rings is 1. The number of aromatic nitrogens is 3. The first kappa shape index (κ1) is 20.8. The fourth-order valence-corrected chi connectivity index (χ4v) is 4.92. The van der Waals surface area contributed by atoms with Crippen molar-refractivity contribution in [3.05, 3.63) is 59.5 Å². The molecule has 0 spiro atoms. The van der Waals surface area contributed by atoms with Gasteiger partial charge in [0.15, 0.2) is 5.82 Å². The lowest BCUT2D eigenvalue weighted by Gasteiger charge is -2.40. The van der Waals surface area contributed by atoms with Crippen LogP contribution < -0.4 is 10.2 Å². The van der Waals surface area contributed by atoms with Gasteiger partial charge in [0, 0.05) is 54.6 Å². The molecule has 0 bridgehead atoms. The van der Waals surface area contributed by atoms with Gasteiger partial charge in [0.2, 0.25) is 0 Å². The second-order valence-corrected chi connectivity index (χ2v) is 9.16. The lowest BCUT2D eigenvalue weighted by Crippen LogP contribution is -2.54. The summed E-state index contributed by atoms with van der Waals surface area (Å²) in [5.41, 5.74) is 1.22. The highest BCUT2D eigenvalue weighted by Gasteiger charge is 2.39. The Balaban J connectivity index is 1.24. The predicted molar refractivity (Wildman–Crippen MR) is 122 cm³/mol. The summed E-state index contributed by atoms with van der Waals surface area (Å²) < 4.78 is 14.7. The van der Waals surface area contributed by atoms with Crippen molar-refractivity contribution < 1.29 is 9.18 Å². The number of anilines is 1. The zero-order valence-corrected chi connectivity index (χ0v) is 18.5. The van der Waals surface area contributed by atoms with Gasteiger partial charge in [0.25, 0.3) is 0 Å². The summed E-state index contributed by atoms with van der Waals surface area (Å²) in [6.45, 7) is 1.80. The summed E-state index contributed by atoms with van der Waals surface area (Å²) >= 11 is 1.47. The Kier molecular flexibility index (Phi) is 5.98. The zero-order valence-electron chi connectivity index (χ0n) is 17.7. The molecule has 2 amide bonds. The van der Waals surface area contributed by atoms with E-state index >= 15 is 0 Å². The second-order valence-electron chi connectivity index (χ2n) is 8.26. The molecule has 0 radical (unpaired) electrons. The maximum absolute atomic E-state index is 14.7. The van der Waals surface area contributed by atoms with Crippen molar-refractivity contribution in [3.8, 4) is 10.6 Å². The molecule has 3 aromatic rings.